The third-order valence-electron chi connectivity index (χ3n) is 2.81. The number of carbonyl (C=O) groups excluding carboxylic acids is 1. The predicted molar refractivity (Wildman–Crippen MR) is 82.3 cm³/mol. The fourth-order valence-electron chi connectivity index (χ4n) is 1.66. The van der Waals surface area contributed by atoms with Gasteiger partial charge in [-0.25, -0.2) is 0 Å². The van der Waals surface area contributed by atoms with Gasteiger partial charge in [-0.1, -0.05) is 13.8 Å². The van der Waals surface area contributed by atoms with Crippen LogP contribution in [-0.4, -0.2) is 21.9 Å². The smallest absolute Gasteiger partial charge is 0.233 e. The Hall–Kier alpha value is -0.880. The standard InChI is InChI=1S/C13H19BrN2O2S/c1-3-10(4-2)16-13(17)8-19(18)12-6-5-9(15)7-11(12)14/h5-7,10H,3-4,8,15H2,1-2H3,(H,16,17). The van der Waals surface area contributed by atoms with Crippen LogP contribution in [0.15, 0.2) is 27.6 Å². The molecule has 1 amide bonds. The molecule has 4 nitrogen and oxygen atoms in total. The van der Waals surface area contributed by atoms with Crippen molar-refractivity contribution in [2.24, 2.45) is 0 Å². The molecule has 1 aromatic rings. The van der Waals surface area contributed by atoms with E-state index in [1.165, 1.54) is 0 Å². The molecule has 0 saturated heterocycles. The topological polar surface area (TPSA) is 72.2 Å². The molecule has 0 aliphatic rings. The van der Waals surface area contributed by atoms with E-state index in [9.17, 15) is 9.00 Å². The van der Waals surface area contributed by atoms with Crippen molar-refractivity contribution < 1.29 is 9.00 Å². The van der Waals surface area contributed by atoms with Crippen LogP contribution < -0.4 is 11.1 Å². The molecule has 106 valence electrons. The Morgan fingerprint density at radius 1 is 1.42 bits per heavy atom. The summed E-state index contributed by atoms with van der Waals surface area (Å²) < 4.78 is 12.8. The molecule has 0 heterocycles. The summed E-state index contributed by atoms with van der Waals surface area (Å²) in [5.41, 5.74) is 6.21. The predicted octanol–water partition coefficient (Wildman–Crippen LogP) is 2.44. The van der Waals surface area contributed by atoms with Crippen molar-refractivity contribution in [1.29, 1.82) is 0 Å². The molecule has 0 bridgehead atoms. The van der Waals surface area contributed by atoms with Gasteiger partial charge in [0, 0.05) is 16.2 Å². The number of nitrogen functional groups attached to an aromatic ring is 1. The first kappa shape index (κ1) is 16.2. The molecule has 3 N–H and O–H groups in total. The number of benzene rings is 1. The van der Waals surface area contributed by atoms with Crippen LogP contribution in [0, 0.1) is 0 Å². The lowest BCUT2D eigenvalue weighted by molar-refractivity contribution is -0.119. The molecular formula is C13H19BrN2O2S. The van der Waals surface area contributed by atoms with Crippen LogP contribution >= 0.6 is 15.9 Å². The van der Waals surface area contributed by atoms with Crippen molar-refractivity contribution in [2.45, 2.75) is 37.6 Å². The largest absolute Gasteiger partial charge is 0.399 e. The van der Waals surface area contributed by atoms with Gasteiger partial charge in [-0.3, -0.25) is 9.00 Å². The van der Waals surface area contributed by atoms with Crippen LogP contribution in [-0.2, 0) is 15.6 Å². The minimum atomic E-state index is -1.37. The number of hydrogen-bond donors (Lipinski definition) is 2. The first-order chi connectivity index (χ1) is 8.97. The molecule has 0 saturated carbocycles. The van der Waals surface area contributed by atoms with E-state index < -0.39 is 10.8 Å². The van der Waals surface area contributed by atoms with E-state index in [-0.39, 0.29) is 17.7 Å². The number of nitrogens with two attached hydrogens (primary N) is 1. The average Bonchev–Trinajstić information content (AvgIpc) is 2.35. The molecule has 1 rings (SSSR count). The summed E-state index contributed by atoms with van der Waals surface area (Å²) >= 11 is 3.31. The van der Waals surface area contributed by atoms with Gasteiger partial charge in [0.2, 0.25) is 5.91 Å². The van der Waals surface area contributed by atoms with Crippen LogP contribution in [0.1, 0.15) is 26.7 Å². The maximum atomic E-state index is 12.1. The zero-order chi connectivity index (χ0) is 14.4. The zero-order valence-electron chi connectivity index (χ0n) is 11.1. The van der Waals surface area contributed by atoms with Crippen LogP contribution in [0.5, 0.6) is 0 Å². The maximum absolute atomic E-state index is 12.1. The molecule has 19 heavy (non-hydrogen) atoms. The van der Waals surface area contributed by atoms with Gasteiger partial charge >= 0.3 is 0 Å². The Labute approximate surface area is 124 Å². The Balaban J connectivity index is 2.66. The molecule has 6 heteroatoms. The normalized spacial score (nSPS) is 12.4. The lowest BCUT2D eigenvalue weighted by Gasteiger charge is -2.14. The molecule has 0 aliphatic carbocycles. The highest BCUT2D eigenvalue weighted by Crippen LogP contribution is 2.23. The van der Waals surface area contributed by atoms with Gasteiger partial charge in [-0.2, -0.15) is 0 Å². The van der Waals surface area contributed by atoms with Gasteiger partial charge in [-0.15, -0.1) is 0 Å². The lowest BCUT2D eigenvalue weighted by Crippen LogP contribution is -2.36. The Morgan fingerprint density at radius 3 is 2.58 bits per heavy atom. The number of halogens is 1. The summed E-state index contributed by atoms with van der Waals surface area (Å²) in [6.45, 7) is 4.03. The third kappa shape index (κ3) is 4.95. The molecule has 0 aromatic heterocycles. The number of carbonyl (C=O) groups is 1. The third-order valence-corrected chi connectivity index (χ3v) is 5.10. The Morgan fingerprint density at radius 2 is 2.05 bits per heavy atom. The minimum Gasteiger partial charge on any atom is -0.399 e. The SMILES string of the molecule is CCC(CC)NC(=O)CS(=O)c1ccc(N)cc1Br. The van der Waals surface area contributed by atoms with E-state index in [2.05, 4.69) is 21.2 Å². The molecular weight excluding hydrogens is 328 g/mol. The second-order valence-electron chi connectivity index (χ2n) is 4.26. The summed E-state index contributed by atoms with van der Waals surface area (Å²) in [5.74, 6) is -0.213. The van der Waals surface area contributed by atoms with Gasteiger partial charge < -0.3 is 11.1 Å². The number of rotatable bonds is 6. The molecule has 1 aromatic carbocycles. The first-order valence-electron chi connectivity index (χ1n) is 6.20. The van der Waals surface area contributed by atoms with Crippen molar-refractivity contribution in [3.63, 3.8) is 0 Å². The first-order valence-corrected chi connectivity index (χ1v) is 8.31. The van der Waals surface area contributed by atoms with E-state index in [1.54, 1.807) is 18.2 Å². The molecule has 0 radical (unpaired) electrons. The highest BCUT2D eigenvalue weighted by molar-refractivity contribution is 9.10. The summed E-state index contributed by atoms with van der Waals surface area (Å²) in [6.07, 6.45) is 1.75. The van der Waals surface area contributed by atoms with Gasteiger partial charge in [0.25, 0.3) is 0 Å². The van der Waals surface area contributed by atoms with E-state index in [1.807, 2.05) is 13.8 Å². The van der Waals surface area contributed by atoms with Crippen molar-refractivity contribution in [3.8, 4) is 0 Å². The zero-order valence-corrected chi connectivity index (χ0v) is 13.5. The van der Waals surface area contributed by atoms with Gasteiger partial charge in [0.15, 0.2) is 0 Å². The highest BCUT2D eigenvalue weighted by Gasteiger charge is 2.15. The quantitative estimate of drug-likeness (QED) is 0.777. The summed E-state index contributed by atoms with van der Waals surface area (Å²) in [5, 5.41) is 2.88. The van der Waals surface area contributed by atoms with E-state index >= 15 is 0 Å². The van der Waals surface area contributed by atoms with Gasteiger partial charge in [-0.05, 0) is 47.0 Å². The highest BCUT2D eigenvalue weighted by atomic mass is 79.9. The fourth-order valence-corrected chi connectivity index (χ4v) is 3.57. The van der Waals surface area contributed by atoms with E-state index in [4.69, 9.17) is 5.73 Å². The molecule has 1 atom stereocenters. The number of hydrogen-bond acceptors (Lipinski definition) is 3. The fraction of sp³-hybridized carbons (Fsp3) is 0.462. The van der Waals surface area contributed by atoms with Gasteiger partial charge in [0.05, 0.1) is 15.7 Å². The van der Waals surface area contributed by atoms with E-state index in [0.717, 1.165) is 12.8 Å². The average molecular weight is 347 g/mol. The second kappa shape index (κ2) is 7.65. The van der Waals surface area contributed by atoms with Crippen LogP contribution in [0.25, 0.3) is 0 Å². The molecule has 0 spiro atoms. The van der Waals surface area contributed by atoms with Crippen LogP contribution in [0.3, 0.4) is 0 Å². The number of nitrogens with one attached hydrogen (secondary N) is 1. The maximum Gasteiger partial charge on any atom is 0.233 e. The van der Waals surface area contributed by atoms with Gasteiger partial charge in [0.1, 0.15) is 5.75 Å². The Kier molecular flexibility index (Phi) is 6.51. The van der Waals surface area contributed by atoms with Crippen molar-refractivity contribution in [2.75, 3.05) is 11.5 Å². The van der Waals surface area contributed by atoms with E-state index in [0.29, 0.717) is 15.1 Å². The molecule has 0 fully saturated rings. The lowest BCUT2D eigenvalue weighted by atomic mass is 10.2. The summed E-state index contributed by atoms with van der Waals surface area (Å²) in [6, 6.07) is 5.20. The monoisotopic (exact) mass is 346 g/mol. The summed E-state index contributed by atoms with van der Waals surface area (Å²) in [7, 11) is -1.37. The number of anilines is 1. The second-order valence-corrected chi connectivity index (χ2v) is 6.53. The van der Waals surface area contributed by atoms with Crippen molar-refractivity contribution in [1.82, 2.24) is 5.32 Å². The van der Waals surface area contributed by atoms with Crippen LogP contribution in [0.2, 0.25) is 0 Å². The summed E-state index contributed by atoms with van der Waals surface area (Å²) in [4.78, 5) is 12.4. The van der Waals surface area contributed by atoms with Crippen molar-refractivity contribution in [3.05, 3.63) is 22.7 Å². The Bertz CT molecular complexity index is 476. The molecule has 0 aliphatic heterocycles. The van der Waals surface area contributed by atoms with Crippen molar-refractivity contribution >= 4 is 38.3 Å². The van der Waals surface area contributed by atoms with Crippen LogP contribution in [0.4, 0.5) is 5.69 Å². The number of amides is 1. The minimum absolute atomic E-state index is 0.0288. The molecule has 1 unspecified atom stereocenters.